The average Bonchev–Trinajstić information content (AvgIpc) is 2.96. The summed E-state index contributed by atoms with van der Waals surface area (Å²) >= 11 is 1.48. The molecule has 1 heterocycles. The Balaban J connectivity index is 0.00000220. The van der Waals surface area contributed by atoms with Crippen molar-refractivity contribution in [1.82, 2.24) is 9.88 Å². The van der Waals surface area contributed by atoms with E-state index in [0.717, 1.165) is 24.5 Å². The molecule has 0 spiro atoms. The van der Waals surface area contributed by atoms with Crippen LogP contribution in [0.25, 0.3) is 0 Å². The first-order valence-electron chi connectivity index (χ1n) is 7.68. The van der Waals surface area contributed by atoms with Crippen LogP contribution < -0.4 is 5.73 Å². The van der Waals surface area contributed by atoms with Gasteiger partial charge in [-0.25, -0.2) is 4.98 Å². The number of carbonyl (C=O) groups excluding carboxylic acids is 1. The summed E-state index contributed by atoms with van der Waals surface area (Å²) in [6.45, 7) is 4.24. The van der Waals surface area contributed by atoms with Gasteiger partial charge in [-0.15, -0.1) is 23.7 Å². The van der Waals surface area contributed by atoms with E-state index in [0.29, 0.717) is 18.2 Å². The molecule has 6 heteroatoms. The maximum absolute atomic E-state index is 12.6. The molecule has 1 amide bonds. The monoisotopic (exact) mass is 331 g/mol. The van der Waals surface area contributed by atoms with E-state index in [1.54, 1.807) is 0 Å². The average molecular weight is 332 g/mol. The fraction of sp³-hybridized carbons (Fsp3) is 0.733. The molecule has 0 unspecified atom stereocenters. The molecule has 0 radical (unpaired) electrons. The molecule has 0 atom stereocenters. The van der Waals surface area contributed by atoms with Crippen molar-refractivity contribution in [3.8, 4) is 0 Å². The van der Waals surface area contributed by atoms with E-state index >= 15 is 0 Å². The van der Waals surface area contributed by atoms with Gasteiger partial charge in [-0.2, -0.15) is 0 Å². The van der Waals surface area contributed by atoms with Crippen molar-refractivity contribution in [2.45, 2.75) is 52.0 Å². The molecule has 1 fully saturated rings. The Kier molecular flexibility index (Phi) is 8.22. The van der Waals surface area contributed by atoms with Gasteiger partial charge in [0, 0.05) is 25.0 Å². The van der Waals surface area contributed by atoms with Crippen molar-refractivity contribution in [2.75, 3.05) is 13.1 Å². The lowest BCUT2D eigenvalue weighted by Gasteiger charge is -2.29. The van der Waals surface area contributed by atoms with Crippen LogP contribution >= 0.6 is 23.7 Å². The van der Waals surface area contributed by atoms with E-state index in [4.69, 9.17) is 5.73 Å². The number of rotatable bonds is 6. The highest BCUT2D eigenvalue weighted by Gasteiger charge is 2.22. The number of hydrogen-bond acceptors (Lipinski definition) is 4. The van der Waals surface area contributed by atoms with Crippen LogP contribution in [0.5, 0.6) is 0 Å². The summed E-state index contributed by atoms with van der Waals surface area (Å²) in [6, 6.07) is 0. The van der Waals surface area contributed by atoms with Gasteiger partial charge in [0.1, 0.15) is 10.7 Å². The highest BCUT2D eigenvalue weighted by Crippen LogP contribution is 2.25. The second-order valence-electron chi connectivity index (χ2n) is 5.59. The van der Waals surface area contributed by atoms with E-state index in [-0.39, 0.29) is 18.3 Å². The third-order valence-corrected chi connectivity index (χ3v) is 4.80. The quantitative estimate of drug-likeness (QED) is 0.868. The first kappa shape index (κ1) is 18.4. The summed E-state index contributed by atoms with van der Waals surface area (Å²) in [6.07, 6.45) is 7.49. The normalized spacial score (nSPS) is 15.5. The van der Waals surface area contributed by atoms with Gasteiger partial charge in [0.15, 0.2) is 0 Å². The molecule has 0 saturated heterocycles. The van der Waals surface area contributed by atoms with Crippen LogP contribution in [-0.2, 0) is 6.54 Å². The first-order chi connectivity index (χ1) is 9.74. The predicted molar refractivity (Wildman–Crippen MR) is 90.0 cm³/mol. The Morgan fingerprint density at radius 1 is 1.43 bits per heavy atom. The molecule has 2 rings (SSSR count). The number of nitrogens with two attached hydrogens (primary N) is 1. The van der Waals surface area contributed by atoms with E-state index in [2.05, 4.69) is 11.9 Å². The minimum absolute atomic E-state index is 0. The lowest BCUT2D eigenvalue weighted by Crippen LogP contribution is -2.36. The fourth-order valence-corrected chi connectivity index (χ4v) is 3.54. The minimum atomic E-state index is 0. The van der Waals surface area contributed by atoms with Crippen LogP contribution in [-0.4, -0.2) is 28.9 Å². The SMILES string of the molecule is CCCN(CC1CCCCC1)C(=O)c1csc(CN)n1.Cl. The summed E-state index contributed by atoms with van der Waals surface area (Å²) in [4.78, 5) is 18.9. The molecule has 1 aromatic heterocycles. The number of halogens is 1. The van der Waals surface area contributed by atoms with Crippen molar-refractivity contribution >= 4 is 29.7 Å². The number of aromatic nitrogens is 1. The Labute approximate surface area is 137 Å². The van der Waals surface area contributed by atoms with Gasteiger partial charge in [0.2, 0.25) is 0 Å². The van der Waals surface area contributed by atoms with Crippen molar-refractivity contribution < 1.29 is 4.79 Å². The van der Waals surface area contributed by atoms with E-state index in [9.17, 15) is 4.79 Å². The molecule has 0 aromatic carbocycles. The van der Waals surface area contributed by atoms with Gasteiger partial charge in [0.05, 0.1) is 0 Å². The molecule has 1 saturated carbocycles. The zero-order valence-corrected chi connectivity index (χ0v) is 14.3. The number of amides is 1. The molecule has 1 aliphatic rings. The zero-order valence-electron chi connectivity index (χ0n) is 12.7. The Hall–Kier alpha value is -0.650. The van der Waals surface area contributed by atoms with Crippen LogP contribution in [0.4, 0.5) is 0 Å². The molecule has 21 heavy (non-hydrogen) atoms. The summed E-state index contributed by atoms with van der Waals surface area (Å²) in [5, 5.41) is 2.68. The van der Waals surface area contributed by atoms with Gasteiger partial charge in [-0.1, -0.05) is 26.2 Å². The van der Waals surface area contributed by atoms with Crippen LogP contribution in [0.2, 0.25) is 0 Å². The van der Waals surface area contributed by atoms with Crippen LogP contribution in [0.1, 0.15) is 60.9 Å². The third-order valence-electron chi connectivity index (χ3n) is 3.93. The standard InChI is InChI=1S/C15H25N3OS.ClH/c1-2-8-18(10-12-6-4-3-5-7-12)15(19)13-11-20-14(9-16)17-13;/h11-12H,2-10,16H2,1H3;1H. The second kappa shape index (κ2) is 9.38. The van der Waals surface area contributed by atoms with Crippen molar-refractivity contribution in [2.24, 2.45) is 11.7 Å². The summed E-state index contributed by atoms with van der Waals surface area (Å²) in [7, 11) is 0. The van der Waals surface area contributed by atoms with Gasteiger partial charge in [-0.05, 0) is 25.2 Å². The fourth-order valence-electron chi connectivity index (χ4n) is 2.89. The summed E-state index contributed by atoms with van der Waals surface area (Å²) in [5.74, 6) is 0.750. The number of nitrogens with zero attached hydrogens (tertiary/aromatic N) is 2. The molecule has 2 N–H and O–H groups in total. The largest absolute Gasteiger partial charge is 0.337 e. The summed E-state index contributed by atoms with van der Waals surface area (Å²) < 4.78 is 0. The molecule has 1 aromatic rings. The molecule has 4 nitrogen and oxygen atoms in total. The van der Waals surface area contributed by atoms with Crippen molar-refractivity contribution in [3.63, 3.8) is 0 Å². The second-order valence-corrected chi connectivity index (χ2v) is 6.53. The van der Waals surface area contributed by atoms with E-state index in [1.165, 1.54) is 43.4 Å². The summed E-state index contributed by atoms with van der Waals surface area (Å²) in [5.41, 5.74) is 6.14. The number of carbonyl (C=O) groups is 1. The minimum Gasteiger partial charge on any atom is -0.337 e. The number of hydrogen-bond donors (Lipinski definition) is 1. The molecule has 0 aliphatic heterocycles. The van der Waals surface area contributed by atoms with Gasteiger partial charge in [-0.3, -0.25) is 4.79 Å². The molecule has 1 aliphatic carbocycles. The Bertz CT molecular complexity index is 432. The molecular weight excluding hydrogens is 306 g/mol. The van der Waals surface area contributed by atoms with Crippen molar-refractivity contribution in [1.29, 1.82) is 0 Å². The zero-order chi connectivity index (χ0) is 14.4. The maximum Gasteiger partial charge on any atom is 0.273 e. The first-order valence-corrected chi connectivity index (χ1v) is 8.56. The van der Waals surface area contributed by atoms with Crippen LogP contribution in [0.3, 0.4) is 0 Å². The molecule has 120 valence electrons. The highest BCUT2D eigenvalue weighted by atomic mass is 35.5. The topological polar surface area (TPSA) is 59.2 Å². The smallest absolute Gasteiger partial charge is 0.273 e. The van der Waals surface area contributed by atoms with Gasteiger partial charge in [0.25, 0.3) is 5.91 Å². The lowest BCUT2D eigenvalue weighted by atomic mass is 9.89. The van der Waals surface area contributed by atoms with Crippen LogP contribution in [0.15, 0.2) is 5.38 Å². The van der Waals surface area contributed by atoms with Crippen molar-refractivity contribution in [3.05, 3.63) is 16.1 Å². The number of thiazole rings is 1. The van der Waals surface area contributed by atoms with E-state index in [1.807, 2.05) is 10.3 Å². The highest BCUT2D eigenvalue weighted by molar-refractivity contribution is 7.09. The predicted octanol–water partition coefficient (Wildman–Crippen LogP) is 3.46. The molecule has 0 bridgehead atoms. The van der Waals surface area contributed by atoms with Gasteiger partial charge < -0.3 is 10.6 Å². The molecular formula is C15H26ClN3OS. The maximum atomic E-state index is 12.6. The lowest BCUT2D eigenvalue weighted by molar-refractivity contribution is 0.0708. The van der Waals surface area contributed by atoms with Gasteiger partial charge >= 0.3 is 0 Å². The third kappa shape index (κ3) is 5.24. The van der Waals surface area contributed by atoms with E-state index < -0.39 is 0 Å². The Morgan fingerprint density at radius 2 is 2.14 bits per heavy atom. The Morgan fingerprint density at radius 3 is 2.71 bits per heavy atom. The van der Waals surface area contributed by atoms with Crippen LogP contribution in [0, 0.1) is 5.92 Å².